The van der Waals surface area contributed by atoms with Crippen molar-refractivity contribution in [2.24, 2.45) is 0 Å². The van der Waals surface area contributed by atoms with Gasteiger partial charge in [0.25, 0.3) is 0 Å². The predicted octanol–water partition coefficient (Wildman–Crippen LogP) is 3.41. The van der Waals surface area contributed by atoms with Gasteiger partial charge in [-0.05, 0) is 57.4 Å². The smallest absolute Gasteiger partial charge is 0.244 e. The van der Waals surface area contributed by atoms with E-state index in [1.165, 1.54) is 12.0 Å². The van der Waals surface area contributed by atoms with E-state index >= 15 is 0 Å². The number of amides is 2. The summed E-state index contributed by atoms with van der Waals surface area (Å²) in [5, 5.41) is 2.92. The van der Waals surface area contributed by atoms with E-state index in [-0.39, 0.29) is 24.2 Å². The predicted molar refractivity (Wildman–Crippen MR) is 139 cm³/mol. The lowest BCUT2D eigenvalue weighted by molar-refractivity contribution is -0.139. The average molecular weight is 504 g/mol. The molecule has 8 nitrogen and oxygen atoms in total. The molecule has 0 aliphatic rings. The van der Waals surface area contributed by atoms with Gasteiger partial charge in [0.2, 0.25) is 21.8 Å². The molecular weight excluding hydrogens is 466 g/mol. The van der Waals surface area contributed by atoms with Crippen LogP contribution in [0, 0.1) is 13.8 Å². The van der Waals surface area contributed by atoms with E-state index in [2.05, 4.69) is 5.32 Å². The number of ether oxygens (including phenoxy) is 1. The Morgan fingerprint density at radius 1 is 1.06 bits per heavy atom. The Kier molecular flexibility index (Phi) is 9.71. The molecule has 9 heteroatoms. The van der Waals surface area contributed by atoms with Gasteiger partial charge in [0.05, 0.1) is 19.1 Å². The molecule has 0 aromatic heterocycles. The Morgan fingerprint density at radius 2 is 1.71 bits per heavy atom. The van der Waals surface area contributed by atoms with E-state index in [9.17, 15) is 18.0 Å². The molecule has 2 atom stereocenters. The number of benzene rings is 2. The molecule has 0 aliphatic heterocycles. The highest BCUT2D eigenvalue weighted by Crippen LogP contribution is 2.31. The van der Waals surface area contributed by atoms with Crippen molar-refractivity contribution in [3.8, 4) is 5.75 Å². The van der Waals surface area contributed by atoms with E-state index in [0.717, 1.165) is 33.7 Å². The van der Waals surface area contributed by atoms with Crippen LogP contribution in [0.3, 0.4) is 0 Å². The van der Waals surface area contributed by atoms with Crippen molar-refractivity contribution in [3.05, 3.63) is 59.2 Å². The van der Waals surface area contributed by atoms with Gasteiger partial charge >= 0.3 is 0 Å². The number of hydrogen-bond donors (Lipinski definition) is 1. The lowest BCUT2D eigenvalue weighted by Gasteiger charge is -2.32. The zero-order chi connectivity index (χ0) is 26.3. The molecule has 0 spiro atoms. The largest absolute Gasteiger partial charge is 0.495 e. The molecular formula is C26H37N3O5S. The van der Waals surface area contributed by atoms with Gasteiger partial charge < -0.3 is 15.0 Å². The fourth-order valence-corrected chi connectivity index (χ4v) is 4.49. The SMILES string of the molecule is CC[C@@H](C)NC(=O)[C@@H](C)N(Cc1cccc(C)c1)C(=O)CN(c1cc(C)ccc1OC)S(C)(=O)=O. The summed E-state index contributed by atoms with van der Waals surface area (Å²) >= 11 is 0. The van der Waals surface area contributed by atoms with Crippen molar-refractivity contribution in [2.75, 3.05) is 24.2 Å². The van der Waals surface area contributed by atoms with E-state index in [1.807, 2.05) is 52.0 Å². The highest BCUT2D eigenvalue weighted by atomic mass is 32.2. The van der Waals surface area contributed by atoms with Gasteiger partial charge in [-0.1, -0.05) is 42.8 Å². The number of sulfonamides is 1. The molecule has 1 N–H and O–H groups in total. The third kappa shape index (κ3) is 7.71. The molecule has 35 heavy (non-hydrogen) atoms. The molecule has 0 radical (unpaired) electrons. The highest BCUT2D eigenvalue weighted by Gasteiger charge is 2.31. The lowest BCUT2D eigenvalue weighted by atomic mass is 10.1. The number of carbonyl (C=O) groups excluding carboxylic acids is 2. The van der Waals surface area contributed by atoms with Crippen molar-refractivity contribution in [3.63, 3.8) is 0 Å². The van der Waals surface area contributed by atoms with E-state index < -0.39 is 28.5 Å². The Balaban J connectivity index is 2.46. The topological polar surface area (TPSA) is 96.0 Å². The van der Waals surface area contributed by atoms with Crippen LogP contribution < -0.4 is 14.4 Å². The molecule has 2 aromatic carbocycles. The first-order valence-corrected chi connectivity index (χ1v) is 13.5. The molecule has 0 bridgehead atoms. The third-order valence-corrected chi connectivity index (χ3v) is 7.01. The van der Waals surface area contributed by atoms with Gasteiger partial charge in [0, 0.05) is 12.6 Å². The van der Waals surface area contributed by atoms with Crippen molar-refractivity contribution in [1.29, 1.82) is 0 Å². The number of anilines is 1. The maximum absolute atomic E-state index is 13.6. The highest BCUT2D eigenvalue weighted by molar-refractivity contribution is 7.92. The van der Waals surface area contributed by atoms with E-state index in [0.29, 0.717) is 5.75 Å². The van der Waals surface area contributed by atoms with Gasteiger partial charge in [0.1, 0.15) is 18.3 Å². The van der Waals surface area contributed by atoms with E-state index in [4.69, 9.17) is 4.74 Å². The summed E-state index contributed by atoms with van der Waals surface area (Å²) in [5.41, 5.74) is 2.96. The fourth-order valence-electron chi connectivity index (χ4n) is 3.65. The first-order valence-electron chi connectivity index (χ1n) is 11.6. The molecule has 0 saturated carbocycles. The lowest BCUT2D eigenvalue weighted by Crippen LogP contribution is -2.52. The third-order valence-electron chi connectivity index (χ3n) is 5.89. The number of nitrogens with zero attached hydrogens (tertiary/aromatic N) is 2. The van der Waals surface area contributed by atoms with Gasteiger partial charge in [0.15, 0.2) is 0 Å². The number of carbonyl (C=O) groups is 2. The maximum atomic E-state index is 13.6. The van der Waals surface area contributed by atoms with Crippen LogP contribution in [0.1, 0.15) is 43.9 Å². The van der Waals surface area contributed by atoms with Gasteiger partial charge in [-0.2, -0.15) is 0 Å². The van der Waals surface area contributed by atoms with Crippen LogP contribution in [0.15, 0.2) is 42.5 Å². The van der Waals surface area contributed by atoms with Crippen molar-refractivity contribution in [2.45, 2.75) is 59.7 Å². The second-order valence-electron chi connectivity index (χ2n) is 8.95. The fraction of sp³-hybridized carbons (Fsp3) is 0.462. The zero-order valence-corrected chi connectivity index (χ0v) is 22.5. The molecule has 0 saturated heterocycles. The molecule has 2 aromatic rings. The van der Waals surface area contributed by atoms with Gasteiger partial charge in [-0.25, -0.2) is 8.42 Å². The minimum Gasteiger partial charge on any atom is -0.495 e. The normalized spacial score (nSPS) is 13.0. The molecule has 0 heterocycles. The Hall–Kier alpha value is -3.07. The molecule has 192 valence electrons. The first kappa shape index (κ1) is 28.2. The summed E-state index contributed by atoms with van der Waals surface area (Å²) in [4.78, 5) is 28.0. The maximum Gasteiger partial charge on any atom is 0.244 e. The van der Waals surface area contributed by atoms with Crippen molar-refractivity contribution >= 4 is 27.5 Å². The summed E-state index contributed by atoms with van der Waals surface area (Å²) in [7, 11) is -2.39. The quantitative estimate of drug-likeness (QED) is 0.507. The first-order chi connectivity index (χ1) is 16.4. The number of nitrogens with one attached hydrogen (secondary N) is 1. The summed E-state index contributed by atoms with van der Waals surface area (Å²) in [6.07, 6.45) is 1.80. The minimum atomic E-state index is -3.84. The number of rotatable bonds is 11. The van der Waals surface area contributed by atoms with Crippen LogP contribution in [-0.4, -0.2) is 57.1 Å². The number of aryl methyl sites for hydroxylation is 2. The number of methoxy groups -OCH3 is 1. The van der Waals surface area contributed by atoms with E-state index in [1.54, 1.807) is 25.1 Å². The summed E-state index contributed by atoms with van der Waals surface area (Å²) in [6.45, 7) is 8.99. The van der Waals surface area contributed by atoms with Crippen LogP contribution in [0.5, 0.6) is 5.75 Å². The summed E-state index contributed by atoms with van der Waals surface area (Å²) in [6, 6.07) is 11.9. The molecule has 2 rings (SSSR count). The summed E-state index contributed by atoms with van der Waals surface area (Å²) < 4.78 is 32.0. The number of hydrogen-bond acceptors (Lipinski definition) is 5. The van der Waals surface area contributed by atoms with Gasteiger partial charge in [-0.3, -0.25) is 13.9 Å². The molecule has 2 amide bonds. The van der Waals surface area contributed by atoms with Crippen LogP contribution in [-0.2, 0) is 26.2 Å². The minimum absolute atomic E-state index is 0.0510. The Labute approximate surface area is 209 Å². The second-order valence-corrected chi connectivity index (χ2v) is 10.9. The monoisotopic (exact) mass is 503 g/mol. The van der Waals surface area contributed by atoms with Crippen molar-refractivity contribution in [1.82, 2.24) is 10.2 Å². The second kappa shape index (κ2) is 12.1. The summed E-state index contributed by atoms with van der Waals surface area (Å²) in [5.74, 6) is -0.451. The standard InChI is InChI=1S/C26H37N3O5S/c1-8-20(4)27-26(31)21(5)28(16-22-11-9-10-18(2)14-22)25(30)17-29(35(7,32)33)23-15-19(3)12-13-24(23)34-6/h9-15,20-21H,8,16-17H2,1-7H3,(H,27,31)/t20-,21-/m1/s1. The van der Waals surface area contributed by atoms with Crippen molar-refractivity contribution < 1.29 is 22.7 Å². The Bertz CT molecular complexity index is 1150. The van der Waals surface area contributed by atoms with Crippen LogP contribution in [0.4, 0.5) is 5.69 Å². The molecule has 0 aliphatic carbocycles. The molecule has 0 fully saturated rings. The van der Waals surface area contributed by atoms with Gasteiger partial charge in [-0.15, -0.1) is 0 Å². The molecule has 0 unspecified atom stereocenters. The average Bonchev–Trinajstić information content (AvgIpc) is 2.79. The zero-order valence-electron chi connectivity index (χ0n) is 21.7. The van der Waals surface area contributed by atoms with Crippen LogP contribution >= 0.6 is 0 Å². The van der Waals surface area contributed by atoms with Crippen LogP contribution in [0.25, 0.3) is 0 Å². The Morgan fingerprint density at radius 3 is 2.29 bits per heavy atom. The van der Waals surface area contributed by atoms with Crippen LogP contribution in [0.2, 0.25) is 0 Å².